The van der Waals surface area contributed by atoms with Crippen molar-refractivity contribution in [2.75, 3.05) is 0 Å². The van der Waals surface area contributed by atoms with Crippen molar-refractivity contribution in [2.45, 2.75) is 0 Å². The Balaban J connectivity index is -0.00000000500. The molecule has 0 heterocycles. The monoisotopic (exact) mass is 161 g/mol. The average molecular weight is 161 g/mol. The molecule has 0 rings (SSSR count). The van der Waals surface area contributed by atoms with E-state index in [1.165, 1.54) is 0 Å². The van der Waals surface area contributed by atoms with E-state index in [4.69, 9.17) is 34.2 Å². The Morgan fingerprint density at radius 1 is 1.00 bits per heavy atom. The van der Waals surface area contributed by atoms with Crippen molar-refractivity contribution >= 4 is 0 Å². The number of nitrogens with zero attached hydrogens (tertiary/aromatic N) is 3. The maximum Gasteiger partial charge on any atom is 2.00 e. The van der Waals surface area contributed by atoms with Crippen LogP contribution in [0.1, 0.15) is 0 Å². The second-order valence-corrected chi connectivity index (χ2v) is 0. The number of hydrogen-bond donors (Lipinski definition) is 0. The van der Waals surface area contributed by atoms with Crippen molar-refractivity contribution in [3.63, 3.8) is 0 Å². The largest absolute Gasteiger partial charge is 2.00 e. The van der Waals surface area contributed by atoms with E-state index in [-0.39, 0.29) is 46.6 Å². The summed E-state index contributed by atoms with van der Waals surface area (Å²) in [6, 6.07) is 0. The number of nitroso groups, excluding NO2 is 1. The molecule has 0 N–H and O–H groups in total. The summed E-state index contributed by atoms with van der Waals surface area (Å²) in [5.41, 5.74) is 5.75. The van der Waals surface area contributed by atoms with E-state index in [1.807, 2.05) is 0 Å². The van der Waals surface area contributed by atoms with Crippen LogP contribution in [-0.4, -0.2) is 0 Å². The molecule has 0 aliphatic carbocycles. The minimum absolute atomic E-state index is 0. The average Bonchev–Trinajstić information content (AvgIpc) is 1.81. The molecule has 0 aromatic heterocycles. The Labute approximate surface area is 80.4 Å². The van der Waals surface area contributed by atoms with Gasteiger partial charge in [0.1, 0.15) is 0 Å². The van der Waals surface area contributed by atoms with Crippen LogP contribution in [0.4, 0.5) is 0 Å². The number of hydrogen-bond acceptors (Lipinski definition) is 3. The van der Waals surface area contributed by atoms with Gasteiger partial charge in [0.25, 0.3) is 0 Å². The molecule has 6 heteroatoms. The molecule has 0 aromatic rings. The van der Waals surface area contributed by atoms with Crippen molar-refractivity contribution in [1.82, 2.24) is 0 Å². The minimum atomic E-state index is 0. The van der Waals surface area contributed by atoms with Gasteiger partial charge in [-0.25, -0.2) is 0 Å². The third kappa shape index (κ3) is 16000. The summed E-state index contributed by atoms with van der Waals surface area (Å²) in [6.07, 6.45) is 0. The molecule has 0 saturated heterocycles. The van der Waals surface area contributed by atoms with Gasteiger partial charge < -0.3 is 34.2 Å². The van der Waals surface area contributed by atoms with E-state index in [0.29, 0.717) is 0 Å². The minimum Gasteiger partial charge on any atom is -0.577 e. The van der Waals surface area contributed by atoms with Gasteiger partial charge in [0.2, 0.25) is 0 Å². The molecule has 0 amide bonds. The molecule has 4 nitrogen and oxygen atoms in total. The molecule has 0 atom stereocenters. The van der Waals surface area contributed by atoms with Gasteiger partial charge in [0, 0.05) is 0 Å². The Morgan fingerprint density at radius 3 is 1.00 bits per heavy atom. The van der Waals surface area contributed by atoms with Crippen molar-refractivity contribution in [3.8, 4) is 0 Å². The first kappa shape index (κ1) is 42.5. The van der Waals surface area contributed by atoms with Crippen molar-refractivity contribution in [2.24, 2.45) is 0 Å². The Hall–Kier alpha value is 0.0995. The van der Waals surface area contributed by atoms with Crippen LogP contribution < -0.4 is 29.6 Å². The summed E-state index contributed by atoms with van der Waals surface area (Å²) in [6.45, 7) is 9.50. The van der Waals surface area contributed by atoms with E-state index < -0.39 is 0 Å². The quantitative estimate of drug-likeness (QED) is 0.291. The van der Waals surface area contributed by atoms with Crippen LogP contribution in [-0.2, 0) is 17.1 Å². The molecule has 0 radical (unpaired) electrons. The van der Waals surface area contributed by atoms with Crippen LogP contribution in [0.5, 0.6) is 0 Å². The number of rotatable bonds is 0. The van der Waals surface area contributed by atoms with Crippen LogP contribution in [0.15, 0.2) is 0 Å². The first-order valence-corrected chi connectivity index (χ1v) is 0.630. The van der Waals surface area contributed by atoms with Crippen LogP contribution in [0.25, 0.3) is 5.59 Å². The van der Waals surface area contributed by atoms with Crippen molar-refractivity contribution < 1.29 is 46.6 Å². The van der Waals surface area contributed by atoms with Gasteiger partial charge in [-0.2, -0.15) is 0 Å². The predicted molar refractivity (Wildman–Crippen MR) is 16.7 cm³/mol. The molecular weight excluding hydrogens is 161 g/mol. The summed E-state index contributed by atoms with van der Waals surface area (Å²) in [5, 5.41) is 12.5. The zero-order valence-corrected chi connectivity index (χ0v) is 7.21. The van der Waals surface area contributed by atoms with Crippen LogP contribution in [0, 0.1) is 28.6 Å². The Kier molecular flexibility index (Phi) is 142000. The molecule has 0 saturated carbocycles. The summed E-state index contributed by atoms with van der Waals surface area (Å²) in [7, 11) is 0. The van der Waals surface area contributed by atoms with Gasteiger partial charge in [-0.05, 0) is 0 Å². The second-order valence-electron chi connectivity index (χ2n) is 0. The normalized spacial score (nSPS) is 1.00. The third-order valence-corrected chi connectivity index (χ3v) is 0. The predicted octanol–water partition coefficient (Wildman–Crippen LogP) is -2.48. The first-order valence-electron chi connectivity index (χ1n) is 0.630. The summed E-state index contributed by atoms with van der Waals surface area (Å²) in [5.74, 6) is 0. The van der Waals surface area contributed by atoms with E-state index in [2.05, 4.69) is 0 Å². The van der Waals surface area contributed by atoms with E-state index in [9.17, 15) is 0 Å². The smallest absolute Gasteiger partial charge is 0.577 e. The van der Waals surface area contributed by atoms with Crippen molar-refractivity contribution in [1.29, 1.82) is 10.5 Å². The second kappa shape index (κ2) is 26700. The fraction of sp³-hybridized carbons (Fsp3) is 0. The molecule has 0 aromatic carbocycles. The molecule has 0 aliphatic heterocycles. The molecular formula is C2FeN3NaO. The van der Waals surface area contributed by atoms with Crippen molar-refractivity contribution in [3.05, 3.63) is 23.6 Å². The molecule has 0 aliphatic rings. The Morgan fingerprint density at radius 2 is 1.00 bits per heavy atom. The summed E-state index contributed by atoms with van der Waals surface area (Å²) in [4.78, 5) is 7.25. The third-order valence-electron chi connectivity index (χ3n) is 0. The maximum absolute atomic E-state index is 7.25. The van der Waals surface area contributed by atoms with Crippen LogP contribution >= 0.6 is 0 Å². The summed E-state index contributed by atoms with van der Waals surface area (Å²) >= 11 is 0. The van der Waals surface area contributed by atoms with Crippen LogP contribution in [0.2, 0.25) is 0 Å². The first-order chi connectivity index (χ1) is 3.00. The van der Waals surface area contributed by atoms with Gasteiger partial charge in [0.05, 0.1) is 0 Å². The molecule has 0 unspecified atom stereocenters. The topological polar surface area (TPSA) is 86.9 Å². The fourth-order valence-electron chi connectivity index (χ4n) is 0. The van der Waals surface area contributed by atoms with Gasteiger partial charge in [0.15, 0.2) is 0 Å². The SMILES string of the molecule is [C-]#N.[C-]#N.[Fe+2].[N-]=O.[Na+]. The van der Waals surface area contributed by atoms with Gasteiger partial charge in [-0.15, -0.1) is 0 Å². The zero-order valence-electron chi connectivity index (χ0n) is 4.10. The van der Waals surface area contributed by atoms with Gasteiger partial charge >= 0.3 is 46.6 Å². The van der Waals surface area contributed by atoms with E-state index in [0.717, 1.165) is 0 Å². The zero-order chi connectivity index (χ0) is 6.00. The van der Waals surface area contributed by atoms with Gasteiger partial charge in [-0.3, -0.25) is 0 Å². The molecule has 0 fully saturated rings. The maximum atomic E-state index is 7.25. The molecule has 0 bridgehead atoms. The molecule has 38 valence electrons. The van der Waals surface area contributed by atoms with Gasteiger partial charge in [-0.1, -0.05) is 0 Å². The molecule has 8 heavy (non-hydrogen) atoms. The summed E-state index contributed by atoms with van der Waals surface area (Å²) < 4.78 is 0. The fourth-order valence-corrected chi connectivity index (χ4v) is 0. The van der Waals surface area contributed by atoms with Crippen LogP contribution in [0.3, 0.4) is 0 Å². The Bertz CT molecular complexity index is 41.0. The van der Waals surface area contributed by atoms with E-state index in [1.54, 1.807) is 0 Å². The standard InChI is InChI=1S/2CN.Fe.NO.Na/c2*1-2;;1-2;/q2*-1;+2;-1;+1. The van der Waals surface area contributed by atoms with E-state index >= 15 is 0 Å². The molecule has 0 spiro atoms.